The van der Waals surface area contributed by atoms with Crippen LogP contribution in [0.5, 0.6) is 5.75 Å². The van der Waals surface area contributed by atoms with Crippen LogP contribution in [0.25, 0.3) is 0 Å². The SMILES string of the molecule is CC(CO)N1C[C@@H](C)[C@@H](CN(C)Cc2ccc(N(C)c3ccccc3)cc2)Oc2c(NC(=O)Cc3cc(C(F)(F)F)ccc3C(F)(F)F)cccc2C1=O. The van der Waals surface area contributed by atoms with Gasteiger partial charge >= 0.3 is 12.4 Å². The number of aliphatic hydroxyl groups excluding tert-OH is 1. The van der Waals surface area contributed by atoms with Crippen molar-refractivity contribution in [3.63, 3.8) is 0 Å². The quantitative estimate of drug-likeness (QED) is 0.151. The van der Waals surface area contributed by atoms with Crippen LogP contribution >= 0.6 is 0 Å². The number of para-hydroxylation sites is 2. The number of likely N-dealkylation sites (N-methyl/N-ethyl adjacent to an activating group) is 1. The number of nitrogens with zero attached hydrogens (tertiary/aromatic N) is 3. The summed E-state index contributed by atoms with van der Waals surface area (Å²) in [5.41, 5.74) is -0.492. The molecule has 0 aliphatic carbocycles. The Bertz CT molecular complexity index is 1920. The lowest BCUT2D eigenvalue weighted by molar-refractivity contribution is -0.142. The van der Waals surface area contributed by atoms with Gasteiger partial charge in [0, 0.05) is 44.0 Å². The van der Waals surface area contributed by atoms with Gasteiger partial charge in [0.1, 0.15) is 6.10 Å². The number of rotatable bonds is 11. The Morgan fingerprint density at radius 1 is 0.926 bits per heavy atom. The number of fused-ring (bicyclic) bond motifs is 1. The molecule has 8 nitrogen and oxygen atoms in total. The summed E-state index contributed by atoms with van der Waals surface area (Å²) < 4.78 is 88.1. The Hall–Kier alpha value is -5.08. The van der Waals surface area contributed by atoms with Crippen LogP contribution in [0.1, 0.15) is 46.5 Å². The minimum Gasteiger partial charge on any atom is -0.486 e. The van der Waals surface area contributed by atoms with Gasteiger partial charge in [0.15, 0.2) is 5.75 Å². The van der Waals surface area contributed by atoms with E-state index in [9.17, 15) is 41.0 Å². The Morgan fingerprint density at radius 2 is 1.59 bits per heavy atom. The van der Waals surface area contributed by atoms with Crippen molar-refractivity contribution in [2.24, 2.45) is 5.92 Å². The van der Waals surface area contributed by atoms with E-state index in [0.717, 1.165) is 16.9 Å². The third-order valence-electron chi connectivity index (χ3n) is 9.47. The molecule has 0 spiro atoms. The molecule has 2 N–H and O–H groups in total. The summed E-state index contributed by atoms with van der Waals surface area (Å²) >= 11 is 0. The molecule has 54 heavy (non-hydrogen) atoms. The predicted octanol–water partition coefficient (Wildman–Crippen LogP) is 8.03. The molecule has 0 aromatic heterocycles. The fourth-order valence-electron chi connectivity index (χ4n) is 6.43. The van der Waals surface area contributed by atoms with E-state index in [1.54, 1.807) is 6.92 Å². The molecule has 288 valence electrons. The second kappa shape index (κ2) is 16.5. The highest BCUT2D eigenvalue weighted by Gasteiger charge is 2.38. The molecular weight excluding hydrogens is 714 g/mol. The molecular formula is C40H42F6N4O4. The predicted molar refractivity (Wildman–Crippen MR) is 194 cm³/mol. The normalized spacial score (nSPS) is 17.0. The van der Waals surface area contributed by atoms with Gasteiger partial charge in [0.2, 0.25) is 5.91 Å². The number of amides is 2. The van der Waals surface area contributed by atoms with E-state index in [4.69, 9.17) is 4.74 Å². The van der Waals surface area contributed by atoms with Gasteiger partial charge in [-0.3, -0.25) is 14.5 Å². The van der Waals surface area contributed by atoms with Crippen LogP contribution in [0.15, 0.2) is 91.0 Å². The van der Waals surface area contributed by atoms with E-state index in [0.29, 0.717) is 31.3 Å². The number of benzene rings is 4. The first-order valence-electron chi connectivity index (χ1n) is 17.3. The van der Waals surface area contributed by atoms with E-state index in [1.807, 2.05) is 80.5 Å². The summed E-state index contributed by atoms with van der Waals surface area (Å²) in [5.74, 6) is -1.89. The smallest absolute Gasteiger partial charge is 0.416 e. The molecule has 1 aliphatic rings. The molecule has 0 saturated carbocycles. The van der Waals surface area contributed by atoms with Crippen molar-refractivity contribution < 1.29 is 45.8 Å². The van der Waals surface area contributed by atoms with Gasteiger partial charge in [0.05, 0.1) is 41.4 Å². The molecule has 0 saturated heterocycles. The van der Waals surface area contributed by atoms with Crippen LogP contribution < -0.4 is 15.0 Å². The summed E-state index contributed by atoms with van der Waals surface area (Å²) in [6, 6.07) is 22.7. The monoisotopic (exact) mass is 756 g/mol. The zero-order valence-corrected chi connectivity index (χ0v) is 30.2. The molecule has 1 aliphatic heterocycles. The van der Waals surface area contributed by atoms with E-state index in [2.05, 4.69) is 10.2 Å². The van der Waals surface area contributed by atoms with E-state index in [1.165, 1.54) is 23.1 Å². The maximum atomic E-state index is 13.9. The van der Waals surface area contributed by atoms with Crippen molar-refractivity contribution in [1.82, 2.24) is 9.80 Å². The van der Waals surface area contributed by atoms with Crippen LogP contribution in [0.2, 0.25) is 0 Å². The molecule has 0 radical (unpaired) electrons. The van der Waals surface area contributed by atoms with E-state index >= 15 is 0 Å². The van der Waals surface area contributed by atoms with E-state index in [-0.39, 0.29) is 36.1 Å². The van der Waals surface area contributed by atoms with Crippen LogP contribution in [0, 0.1) is 5.92 Å². The van der Waals surface area contributed by atoms with Crippen LogP contribution in [0.4, 0.5) is 43.4 Å². The van der Waals surface area contributed by atoms with Gasteiger partial charge in [-0.2, -0.15) is 26.3 Å². The summed E-state index contributed by atoms with van der Waals surface area (Å²) in [6.45, 7) is 4.35. The van der Waals surface area contributed by atoms with E-state index < -0.39 is 59.4 Å². The molecule has 4 aromatic rings. The fraction of sp³-hybridized carbons (Fsp3) is 0.350. The molecule has 3 atom stereocenters. The number of carbonyl (C=O) groups excluding carboxylic acids is 2. The van der Waals surface area contributed by atoms with Crippen molar-refractivity contribution in [3.05, 3.63) is 119 Å². The number of aliphatic hydroxyl groups is 1. The molecule has 4 aromatic carbocycles. The lowest BCUT2D eigenvalue weighted by Crippen LogP contribution is -2.49. The van der Waals surface area contributed by atoms with Gasteiger partial charge < -0.3 is 25.0 Å². The maximum Gasteiger partial charge on any atom is 0.416 e. The molecule has 1 unspecified atom stereocenters. The Kier molecular flexibility index (Phi) is 12.3. The summed E-state index contributed by atoms with van der Waals surface area (Å²) in [4.78, 5) is 32.8. The van der Waals surface area contributed by atoms with Crippen molar-refractivity contribution in [2.75, 3.05) is 44.0 Å². The number of anilines is 3. The van der Waals surface area contributed by atoms with Gasteiger partial charge in [0.25, 0.3) is 5.91 Å². The zero-order valence-electron chi connectivity index (χ0n) is 30.2. The maximum absolute atomic E-state index is 13.9. The number of nitrogens with one attached hydrogen (secondary N) is 1. The number of hydrogen-bond donors (Lipinski definition) is 2. The van der Waals surface area contributed by atoms with Crippen LogP contribution in [-0.4, -0.2) is 72.7 Å². The lowest BCUT2D eigenvalue weighted by Gasteiger charge is -2.38. The Labute approximate surface area is 309 Å². The second-order valence-corrected chi connectivity index (χ2v) is 13.7. The summed E-state index contributed by atoms with van der Waals surface area (Å²) in [5, 5.41) is 12.5. The van der Waals surface area contributed by atoms with Gasteiger partial charge in [-0.1, -0.05) is 43.3 Å². The van der Waals surface area contributed by atoms with Gasteiger partial charge in [-0.05, 0) is 79.7 Å². The number of carbonyl (C=O) groups is 2. The first-order chi connectivity index (χ1) is 25.5. The Morgan fingerprint density at radius 3 is 2.22 bits per heavy atom. The summed E-state index contributed by atoms with van der Waals surface area (Å²) in [7, 11) is 3.88. The highest BCUT2D eigenvalue weighted by Crippen LogP contribution is 2.38. The largest absolute Gasteiger partial charge is 0.486 e. The zero-order chi connectivity index (χ0) is 39.4. The average Bonchev–Trinajstić information content (AvgIpc) is 3.12. The Balaban J connectivity index is 1.40. The molecule has 0 bridgehead atoms. The third kappa shape index (κ3) is 9.52. The minimum atomic E-state index is -5.01. The van der Waals surface area contributed by atoms with Crippen LogP contribution in [0.3, 0.4) is 0 Å². The van der Waals surface area contributed by atoms with Crippen molar-refractivity contribution >= 4 is 28.9 Å². The summed E-state index contributed by atoms with van der Waals surface area (Å²) in [6.07, 6.45) is -11.6. The highest BCUT2D eigenvalue weighted by molar-refractivity contribution is 6.02. The molecule has 1 heterocycles. The number of ether oxygens (including phenoxy) is 1. The molecule has 2 amide bonds. The van der Waals surface area contributed by atoms with Gasteiger partial charge in [-0.25, -0.2) is 0 Å². The third-order valence-corrected chi connectivity index (χ3v) is 9.47. The van der Waals surface area contributed by atoms with Crippen molar-refractivity contribution in [2.45, 2.75) is 51.3 Å². The molecule has 14 heteroatoms. The van der Waals surface area contributed by atoms with Gasteiger partial charge in [-0.15, -0.1) is 0 Å². The highest BCUT2D eigenvalue weighted by atomic mass is 19.4. The number of hydrogen-bond acceptors (Lipinski definition) is 6. The average molecular weight is 757 g/mol. The minimum absolute atomic E-state index is 0.0377. The molecule has 5 rings (SSSR count). The molecule has 0 fully saturated rings. The van der Waals surface area contributed by atoms with Crippen molar-refractivity contribution in [1.29, 1.82) is 0 Å². The number of alkyl halides is 6. The first-order valence-corrected chi connectivity index (χ1v) is 17.3. The standard InChI is InChI=1S/C40H42F6N4O4/c1-25-21-50(26(2)24-51)38(53)32-11-8-12-34(47-36(52)20-28-19-29(39(41,42)43)15-18-33(28)40(44,45)46)37(32)54-35(25)23-48(3)22-27-13-16-31(17-14-27)49(4)30-9-6-5-7-10-30/h5-19,25-26,35,51H,20-24H2,1-4H3,(H,47,52)/t25-,26?,35-/m1/s1. The fourth-order valence-corrected chi connectivity index (χ4v) is 6.43. The first kappa shape index (κ1) is 40.1. The van der Waals surface area contributed by atoms with Crippen LogP contribution in [-0.2, 0) is 30.1 Å². The topological polar surface area (TPSA) is 85.3 Å². The number of halogens is 6. The second-order valence-electron chi connectivity index (χ2n) is 13.7. The lowest BCUT2D eigenvalue weighted by atomic mass is 9.98. The van der Waals surface area contributed by atoms with Crippen molar-refractivity contribution in [3.8, 4) is 5.75 Å².